The van der Waals surface area contributed by atoms with E-state index in [1.54, 1.807) is 6.92 Å². The number of carbonyl (C=O) groups excluding carboxylic acids is 3. The third-order valence-corrected chi connectivity index (χ3v) is 4.46. The Morgan fingerprint density at radius 1 is 1.09 bits per heavy atom. The monoisotopic (exact) mass is 316 g/mol. The minimum atomic E-state index is -0.889. The number of nitrogens with one attached hydrogen (secondary N) is 2. The zero-order valence-corrected chi connectivity index (χ0v) is 13.3. The standard InChI is InChI=1S/C14H24N2O6/c1-7(16-20)8-5-6-9(13(18)21-3)10(12(17)15-2)11(8)14(19)22-4/h7-11,16,20H,5-6H2,1-4H3,(H,15,17). The van der Waals surface area contributed by atoms with E-state index in [0.29, 0.717) is 12.8 Å². The van der Waals surface area contributed by atoms with Crippen molar-refractivity contribution in [2.75, 3.05) is 21.3 Å². The minimum absolute atomic E-state index is 0.333. The van der Waals surface area contributed by atoms with Crippen LogP contribution in [0, 0.1) is 23.7 Å². The van der Waals surface area contributed by atoms with Gasteiger partial charge in [0, 0.05) is 13.1 Å². The van der Waals surface area contributed by atoms with Gasteiger partial charge in [-0.25, -0.2) is 5.48 Å². The molecule has 1 aliphatic carbocycles. The Bertz CT molecular complexity index is 428. The van der Waals surface area contributed by atoms with Crippen LogP contribution in [0.2, 0.25) is 0 Å². The Hall–Kier alpha value is -1.67. The predicted octanol–water partition coefficient (Wildman–Crippen LogP) is -0.296. The highest BCUT2D eigenvalue weighted by molar-refractivity contribution is 5.90. The largest absolute Gasteiger partial charge is 0.469 e. The number of carbonyl (C=O) groups is 3. The van der Waals surface area contributed by atoms with Crippen LogP contribution in [0.1, 0.15) is 19.8 Å². The summed E-state index contributed by atoms with van der Waals surface area (Å²) in [6.45, 7) is 1.71. The Kier molecular flexibility index (Phi) is 6.76. The van der Waals surface area contributed by atoms with Gasteiger partial charge in [0.25, 0.3) is 0 Å². The number of rotatable bonds is 5. The summed E-state index contributed by atoms with van der Waals surface area (Å²) in [4.78, 5) is 36.5. The van der Waals surface area contributed by atoms with Crippen LogP contribution in [0.5, 0.6) is 0 Å². The molecule has 126 valence electrons. The van der Waals surface area contributed by atoms with Crippen LogP contribution in [0.3, 0.4) is 0 Å². The minimum Gasteiger partial charge on any atom is -0.469 e. The van der Waals surface area contributed by atoms with Crippen LogP contribution in [-0.2, 0) is 23.9 Å². The van der Waals surface area contributed by atoms with E-state index in [1.165, 1.54) is 21.3 Å². The molecule has 0 saturated heterocycles. The van der Waals surface area contributed by atoms with E-state index in [-0.39, 0.29) is 5.92 Å². The second-order valence-corrected chi connectivity index (χ2v) is 5.48. The van der Waals surface area contributed by atoms with Gasteiger partial charge in [-0.2, -0.15) is 0 Å². The SMILES string of the molecule is CNC(=O)C1C(C(=O)OC)CCC(C(C)NO)C1C(=O)OC. The van der Waals surface area contributed by atoms with Gasteiger partial charge in [0.05, 0.1) is 32.0 Å². The first-order valence-corrected chi connectivity index (χ1v) is 7.19. The lowest BCUT2D eigenvalue weighted by Gasteiger charge is -2.41. The fourth-order valence-electron chi connectivity index (χ4n) is 3.29. The summed E-state index contributed by atoms with van der Waals surface area (Å²) in [6.07, 6.45) is 0.886. The zero-order chi connectivity index (χ0) is 16.9. The highest BCUT2D eigenvalue weighted by atomic mass is 16.5. The Morgan fingerprint density at radius 2 is 1.68 bits per heavy atom. The fourth-order valence-corrected chi connectivity index (χ4v) is 3.29. The molecule has 1 fully saturated rings. The molecule has 1 aliphatic rings. The molecule has 0 aromatic heterocycles. The Labute approximate surface area is 129 Å². The van der Waals surface area contributed by atoms with Gasteiger partial charge < -0.3 is 20.0 Å². The summed E-state index contributed by atoms with van der Waals surface area (Å²) >= 11 is 0. The van der Waals surface area contributed by atoms with Crippen molar-refractivity contribution < 1.29 is 29.1 Å². The van der Waals surface area contributed by atoms with Crippen LogP contribution < -0.4 is 10.8 Å². The fraction of sp³-hybridized carbons (Fsp3) is 0.786. The molecule has 0 radical (unpaired) electrons. The van der Waals surface area contributed by atoms with Crippen molar-refractivity contribution in [3.8, 4) is 0 Å². The first-order chi connectivity index (χ1) is 10.4. The van der Waals surface area contributed by atoms with E-state index in [0.717, 1.165) is 0 Å². The van der Waals surface area contributed by atoms with Crippen LogP contribution in [0.25, 0.3) is 0 Å². The average Bonchev–Trinajstić information content (AvgIpc) is 2.57. The molecule has 0 spiro atoms. The van der Waals surface area contributed by atoms with Gasteiger partial charge in [0.2, 0.25) is 5.91 Å². The summed E-state index contributed by atoms with van der Waals surface area (Å²) in [5.41, 5.74) is 2.12. The van der Waals surface area contributed by atoms with E-state index in [9.17, 15) is 14.4 Å². The van der Waals surface area contributed by atoms with E-state index >= 15 is 0 Å². The van der Waals surface area contributed by atoms with E-state index in [1.807, 2.05) is 0 Å². The smallest absolute Gasteiger partial charge is 0.309 e. The van der Waals surface area contributed by atoms with Gasteiger partial charge in [0.15, 0.2) is 0 Å². The van der Waals surface area contributed by atoms with Crippen molar-refractivity contribution in [3.05, 3.63) is 0 Å². The van der Waals surface area contributed by atoms with Crippen molar-refractivity contribution in [1.29, 1.82) is 0 Å². The number of hydrogen-bond acceptors (Lipinski definition) is 7. The number of hydrogen-bond donors (Lipinski definition) is 3. The molecule has 0 aromatic rings. The Balaban J connectivity index is 3.25. The number of ether oxygens (including phenoxy) is 2. The summed E-state index contributed by atoms with van der Waals surface area (Å²) in [7, 11) is 3.93. The molecule has 0 heterocycles. The molecule has 1 amide bonds. The van der Waals surface area contributed by atoms with Gasteiger partial charge in [-0.05, 0) is 25.7 Å². The molecule has 1 saturated carbocycles. The van der Waals surface area contributed by atoms with E-state index < -0.39 is 41.6 Å². The predicted molar refractivity (Wildman–Crippen MR) is 75.7 cm³/mol. The molecule has 8 nitrogen and oxygen atoms in total. The highest BCUT2D eigenvalue weighted by Gasteiger charge is 2.51. The molecule has 22 heavy (non-hydrogen) atoms. The highest BCUT2D eigenvalue weighted by Crippen LogP contribution is 2.42. The maximum absolute atomic E-state index is 12.3. The van der Waals surface area contributed by atoms with Gasteiger partial charge in [-0.1, -0.05) is 0 Å². The van der Waals surface area contributed by atoms with Gasteiger partial charge in [0.1, 0.15) is 0 Å². The summed E-state index contributed by atoms with van der Waals surface area (Å²) < 4.78 is 9.58. The van der Waals surface area contributed by atoms with Crippen molar-refractivity contribution in [2.24, 2.45) is 23.7 Å². The number of esters is 2. The molecule has 1 rings (SSSR count). The summed E-state index contributed by atoms with van der Waals surface area (Å²) in [5, 5.41) is 11.7. The van der Waals surface area contributed by atoms with Crippen molar-refractivity contribution in [2.45, 2.75) is 25.8 Å². The zero-order valence-electron chi connectivity index (χ0n) is 13.3. The first kappa shape index (κ1) is 18.4. The number of amides is 1. The van der Waals surface area contributed by atoms with Gasteiger partial charge in [-0.3, -0.25) is 14.4 Å². The average molecular weight is 316 g/mol. The molecule has 5 unspecified atom stereocenters. The van der Waals surface area contributed by atoms with Crippen molar-refractivity contribution in [3.63, 3.8) is 0 Å². The third-order valence-electron chi connectivity index (χ3n) is 4.46. The lowest BCUT2D eigenvalue weighted by molar-refractivity contribution is -0.165. The molecule has 0 aromatic carbocycles. The van der Waals surface area contributed by atoms with Gasteiger partial charge in [-0.15, -0.1) is 0 Å². The van der Waals surface area contributed by atoms with Crippen LogP contribution >= 0.6 is 0 Å². The van der Waals surface area contributed by atoms with Crippen LogP contribution in [-0.4, -0.2) is 50.4 Å². The van der Waals surface area contributed by atoms with Crippen LogP contribution in [0.4, 0.5) is 0 Å². The molecular weight excluding hydrogens is 292 g/mol. The van der Waals surface area contributed by atoms with E-state index in [2.05, 4.69) is 10.8 Å². The number of methoxy groups -OCH3 is 2. The molecule has 5 atom stereocenters. The molecule has 8 heteroatoms. The maximum Gasteiger partial charge on any atom is 0.309 e. The van der Waals surface area contributed by atoms with Crippen molar-refractivity contribution >= 4 is 17.8 Å². The lowest BCUT2D eigenvalue weighted by Crippen LogP contribution is -2.53. The Morgan fingerprint density at radius 3 is 2.14 bits per heavy atom. The van der Waals surface area contributed by atoms with Crippen LogP contribution in [0.15, 0.2) is 0 Å². The van der Waals surface area contributed by atoms with Gasteiger partial charge >= 0.3 is 11.9 Å². The maximum atomic E-state index is 12.3. The van der Waals surface area contributed by atoms with Crippen molar-refractivity contribution in [1.82, 2.24) is 10.8 Å². The number of hydroxylamine groups is 1. The molecular formula is C14H24N2O6. The summed E-state index contributed by atoms with van der Waals surface area (Å²) in [5.74, 6) is -4.28. The van der Waals surface area contributed by atoms with E-state index in [4.69, 9.17) is 14.7 Å². The second-order valence-electron chi connectivity index (χ2n) is 5.48. The second kappa shape index (κ2) is 8.09. The topological polar surface area (TPSA) is 114 Å². The molecule has 3 N–H and O–H groups in total. The normalized spacial score (nSPS) is 29.3. The molecule has 0 bridgehead atoms. The first-order valence-electron chi connectivity index (χ1n) is 7.19. The molecule has 0 aliphatic heterocycles. The summed E-state index contributed by atoms with van der Waals surface area (Å²) in [6, 6.07) is -0.421. The lowest BCUT2D eigenvalue weighted by atomic mass is 9.64. The quantitative estimate of drug-likeness (QED) is 0.471. The third kappa shape index (κ3) is 3.56.